The molecule has 9 heteroatoms. The van der Waals surface area contributed by atoms with Gasteiger partial charge in [0.15, 0.2) is 5.01 Å². The summed E-state index contributed by atoms with van der Waals surface area (Å²) in [6.45, 7) is 0. The average molecular weight is 468 g/mol. The highest BCUT2D eigenvalue weighted by atomic mass is 32.1. The molecule has 3 aromatic rings. The number of aromatic nitrogens is 3. The molecule has 172 valence electrons. The van der Waals surface area contributed by atoms with Gasteiger partial charge in [0.25, 0.3) is 5.56 Å². The van der Waals surface area contributed by atoms with Gasteiger partial charge in [-0.3, -0.25) is 4.79 Å². The number of benzene rings is 1. The van der Waals surface area contributed by atoms with Crippen LogP contribution in [0.3, 0.4) is 0 Å². The minimum atomic E-state index is -0.914. The molecule has 2 N–H and O–H groups in total. The monoisotopic (exact) mass is 467 g/mol. The number of halogens is 1. The van der Waals surface area contributed by atoms with Crippen LogP contribution >= 0.6 is 11.3 Å². The van der Waals surface area contributed by atoms with Gasteiger partial charge in [0.1, 0.15) is 11.9 Å². The predicted octanol–water partition coefficient (Wildman–Crippen LogP) is 3.48. The van der Waals surface area contributed by atoms with Crippen molar-refractivity contribution in [1.82, 2.24) is 20.1 Å². The predicted molar refractivity (Wildman–Crippen MR) is 126 cm³/mol. The van der Waals surface area contributed by atoms with Crippen LogP contribution in [0.4, 0.5) is 9.52 Å². The molecule has 3 aliphatic rings. The van der Waals surface area contributed by atoms with Crippen molar-refractivity contribution in [2.45, 2.75) is 62.4 Å². The maximum absolute atomic E-state index is 15.3. The number of pyridine rings is 1. The summed E-state index contributed by atoms with van der Waals surface area (Å²) in [5.74, 6) is 0.0807. The number of alkyl halides is 1. The number of anilines is 1. The summed E-state index contributed by atoms with van der Waals surface area (Å²) in [5.41, 5.74) is 1.97. The highest BCUT2D eigenvalue weighted by Gasteiger charge is 2.48. The first-order valence-electron chi connectivity index (χ1n) is 11.5. The lowest BCUT2D eigenvalue weighted by molar-refractivity contribution is 0.172. The molecule has 7 nitrogen and oxygen atoms in total. The van der Waals surface area contributed by atoms with Crippen LogP contribution in [0.2, 0.25) is 0 Å². The van der Waals surface area contributed by atoms with Crippen LogP contribution in [0.15, 0.2) is 41.3 Å². The number of hydrogen-bond donors (Lipinski definition) is 2. The van der Waals surface area contributed by atoms with Gasteiger partial charge in [0.2, 0.25) is 5.13 Å². The number of fused-ring (bicyclic) bond motifs is 2. The van der Waals surface area contributed by atoms with E-state index >= 15 is 4.39 Å². The zero-order valence-electron chi connectivity index (χ0n) is 18.3. The van der Waals surface area contributed by atoms with Crippen molar-refractivity contribution in [3.05, 3.63) is 46.9 Å². The minimum absolute atomic E-state index is 0.0613. The first-order chi connectivity index (χ1) is 16.0. The van der Waals surface area contributed by atoms with Gasteiger partial charge in [-0.1, -0.05) is 17.4 Å². The summed E-state index contributed by atoms with van der Waals surface area (Å²) in [7, 11) is 1.70. The third-order valence-corrected chi connectivity index (χ3v) is 8.12. The molecule has 1 aliphatic carbocycles. The van der Waals surface area contributed by atoms with Crippen LogP contribution in [0.25, 0.3) is 21.7 Å². The molecule has 6 rings (SSSR count). The van der Waals surface area contributed by atoms with Crippen LogP contribution in [0, 0.1) is 0 Å². The van der Waals surface area contributed by atoms with E-state index in [0.717, 1.165) is 48.4 Å². The number of aryl methyl sites for hydroxylation is 1. The third kappa shape index (κ3) is 3.73. The topological polar surface area (TPSA) is 83.3 Å². The van der Waals surface area contributed by atoms with Crippen LogP contribution in [0.5, 0.6) is 5.75 Å². The maximum Gasteiger partial charge on any atom is 0.250 e. The van der Waals surface area contributed by atoms with Crippen molar-refractivity contribution in [1.29, 1.82) is 0 Å². The Kier molecular flexibility index (Phi) is 4.99. The number of hydrogen-bond acceptors (Lipinski definition) is 7. The fourth-order valence-electron chi connectivity index (χ4n) is 5.21. The summed E-state index contributed by atoms with van der Waals surface area (Å²) in [4.78, 5) is 14.1. The van der Waals surface area contributed by atoms with Gasteiger partial charge in [-0.25, -0.2) is 4.39 Å². The second-order valence-corrected chi connectivity index (χ2v) is 10.4. The maximum atomic E-state index is 15.3. The highest BCUT2D eigenvalue weighted by Crippen LogP contribution is 2.43. The van der Waals surface area contributed by atoms with E-state index in [2.05, 4.69) is 20.4 Å². The number of nitrogens with one attached hydrogen (secondary N) is 1. The standard InChI is InChI=1S/C24H26FN5O2S/c1-29-9-8-14(11-21(29)32)13-2-6-17(20(31)10-13)23-27-28-24(33-23)30(16-4-5-16)19-12-15-3-7-18(26-15)22(19)25/h2,6,8-11,15-16,18-19,22,26,31H,3-5,7,12H2,1H3/t15?,18?,19-,22+/m0/s1. The van der Waals surface area contributed by atoms with Gasteiger partial charge in [0.05, 0.1) is 11.6 Å². The molecule has 2 aliphatic heterocycles. The molecule has 0 amide bonds. The molecule has 2 unspecified atom stereocenters. The molecule has 33 heavy (non-hydrogen) atoms. The second-order valence-electron chi connectivity index (χ2n) is 9.42. The number of piperidine rings is 1. The van der Waals surface area contributed by atoms with Crippen molar-refractivity contribution in [3.8, 4) is 27.4 Å². The number of nitrogens with zero attached hydrogens (tertiary/aromatic N) is 4. The molecule has 2 bridgehead atoms. The van der Waals surface area contributed by atoms with Crippen LogP contribution in [0.1, 0.15) is 32.1 Å². The average Bonchev–Trinajstić information content (AvgIpc) is 3.37. The fraction of sp³-hybridized carbons (Fsp3) is 0.458. The summed E-state index contributed by atoms with van der Waals surface area (Å²) in [6.07, 6.45) is 5.62. The van der Waals surface area contributed by atoms with Gasteiger partial charge in [-0.15, -0.1) is 10.2 Å². The third-order valence-electron chi connectivity index (χ3n) is 7.15. The number of rotatable bonds is 5. The normalized spacial score (nSPS) is 26.5. The lowest BCUT2D eigenvalue weighted by Crippen LogP contribution is -2.57. The molecule has 1 saturated carbocycles. The molecule has 0 radical (unpaired) electrons. The van der Waals surface area contributed by atoms with E-state index in [4.69, 9.17) is 0 Å². The smallest absolute Gasteiger partial charge is 0.250 e. The molecule has 1 aromatic carbocycles. The van der Waals surface area contributed by atoms with Gasteiger partial charge < -0.3 is 19.9 Å². The molecule has 4 atom stereocenters. The first kappa shape index (κ1) is 20.8. The number of phenolic OH excluding ortho intramolecular Hbond substituents is 1. The Hall–Kier alpha value is -2.78. The van der Waals surface area contributed by atoms with Crippen molar-refractivity contribution in [2.75, 3.05) is 4.90 Å². The van der Waals surface area contributed by atoms with E-state index in [1.807, 2.05) is 12.1 Å². The van der Waals surface area contributed by atoms with Gasteiger partial charge in [0, 0.05) is 37.4 Å². The molecule has 2 aromatic heterocycles. The SMILES string of the molecule is Cn1ccc(-c2ccc(-c3nnc(N(C4CC4)[C@H]4CC5CCC(N5)[C@H]4F)s3)c(O)c2)cc1=O. The van der Waals surface area contributed by atoms with E-state index in [-0.39, 0.29) is 23.4 Å². The van der Waals surface area contributed by atoms with Gasteiger partial charge in [-0.2, -0.15) is 0 Å². The second kappa shape index (κ2) is 7.92. The van der Waals surface area contributed by atoms with Crippen LogP contribution in [-0.4, -0.2) is 50.2 Å². The van der Waals surface area contributed by atoms with Crippen molar-refractivity contribution >= 4 is 16.5 Å². The molecule has 4 heterocycles. The zero-order valence-corrected chi connectivity index (χ0v) is 19.1. The molecular weight excluding hydrogens is 441 g/mol. The molecular formula is C24H26FN5O2S. The number of phenols is 1. The molecule has 3 fully saturated rings. The van der Waals surface area contributed by atoms with E-state index in [0.29, 0.717) is 22.7 Å². The van der Waals surface area contributed by atoms with Crippen molar-refractivity contribution in [2.24, 2.45) is 7.05 Å². The van der Waals surface area contributed by atoms with E-state index in [9.17, 15) is 9.90 Å². The Morgan fingerprint density at radius 2 is 1.97 bits per heavy atom. The van der Waals surface area contributed by atoms with Crippen LogP contribution < -0.4 is 15.8 Å². The van der Waals surface area contributed by atoms with E-state index in [1.165, 1.54) is 15.9 Å². The Labute approximate surface area is 194 Å². The van der Waals surface area contributed by atoms with Crippen molar-refractivity contribution in [3.63, 3.8) is 0 Å². The number of aromatic hydroxyl groups is 1. The largest absolute Gasteiger partial charge is 0.507 e. The Balaban J connectivity index is 1.29. The fourth-order valence-corrected chi connectivity index (χ4v) is 6.22. The summed E-state index contributed by atoms with van der Waals surface area (Å²) < 4.78 is 16.8. The zero-order chi connectivity index (χ0) is 22.7. The summed E-state index contributed by atoms with van der Waals surface area (Å²) >= 11 is 1.40. The van der Waals surface area contributed by atoms with Crippen LogP contribution in [-0.2, 0) is 7.05 Å². The lowest BCUT2D eigenvalue weighted by atomic mass is 9.96. The Morgan fingerprint density at radius 1 is 1.15 bits per heavy atom. The van der Waals surface area contributed by atoms with E-state index < -0.39 is 6.17 Å². The summed E-state index contributed by atoms with van der Waals surface area (Å²) in [5, 5.41) is 24.3. The lowest BCUT2D eigenvalue weighted by Gasteiger charge is -2.40. The summed E-state index contributed by atoms with van der Waals surface area (Å²) in [6, 6.07) is 9.17. The van der Waals surface area contributed by atoms with Crippen molar-refractivity contribution < 1.29 is 9.50 Å². The quantitative estimate of drug-likeness (QED) is 0.598. The molecule has 0 spiro atoms. The minimum Gasteiger partial charge on any atom is -0.507 e. The first-order valence-corrected chi connectivity index (χ1v) is 12.3. The Bertz CT molecular complexity index is 1260. The Morgan fingerprint density at radius 3 is 2.73 bits per heavy atom. The highest BCUT2D eigenvalue weighted by molar-refractivity contribution is 7.18. The van der Waals surface area contributed by atoms with Gasteiger partial charge in [-0.05, 0) is 61.4 Å². The van der Waals surface area contributed by atoms with Gasteiger partial charge >= 0.3 is 0 Å². The van der Waals surface area contributed by atoms with E-state index in [1.54, 1.807) is 31.4 Å². The molecule has 2 saturated heterocycles.